The van der Waals surface area contributed by atoms with Crippen LogP contribution in [0, 0.1) is 0 Å². The van der Waals surface area contributed by atoms with Gasteiger partial charge in [-0.05, 0) is 6.42 Å². The van der Waals surface area contributed by atoms with Gasteiger partial charge in [-0.1, -0.05) is 6.92 Å². The smallest absolute Gasteiger partial charge is 0.218 e. The van der Waals surface area contributed by atoms with Crippen LogP contribution in [-0.2, 0) is 10.8 Å². The van der Waals surface area contributed by atoms with Crippen LogP contribution in [0.15, 0.2) is 12.4 Å². The van der Waals surface area contributed by atoms with Gasteiger partial charge < -0.3 is 10.1 Å². The van der Waals surface area contributed by atoms with Crippen molar-refractivity contribution in [2.75, 3.05) is 25.2 Å². The standard InChI is InChI=1S/C10H17N3O2S/c1-8(16(3)14)4-5-11-9-6-10(15-2)13-7-12-9/h6-8H,4-5H2,1-3H3,(H,11,12,13). The Morgan fingerprint density at radius 3 is 2.94 bits per heavy atom. The molecule has 0 saturated heterocycles. The van der Waals surface area contributed by atoms with Gasteiger partial charge in [0.25, 0.3) is 0 Å². The van der Waals surface area contributed by atoms with Crippen molar-refractivity contribution in [3.63, 3.8) is 0 Å². The van der Waals surface area contributed by atoms with Gasteiger partial charge in [0.2, 0.25) is 5.88 Å². The lowest BCUT2D eigenvalue weighted by Crippen LogP contribution is -2.15. The summed E-state index contributed by atoms with van der Waals surface area (Å²) >= 11 is 0. The third-order valence-corrected chi connectivity index (χ3v) is 3.64. The lowest BCUT2D eigenvalue weighted by molar-refractivity contribution is 0.397. The van der Waals surface area contributed by atoms with Gasteiger partial charge in [-0.25, -0.2) is 9.97 Å². The molecule has 2 atom stereocenters. The van der Waals surface area contributed by atoms with Crippen molar-refractivity contribution in [3.05, 3.63) is 12.4 Å². The molecule has 1 N–H and O–H groups in total. The highest BCUT2D eigenvalue weighted by Crippen LogP contribution is 2.10. The van der Waals surface area contributed by atoms with Gasteiger partial charge in [0.15, 0.2) is 0 Å². The topological polar surface area (TPSA) is 64.1 Å². The van der Waals surface area contributed by atoms with Crippen LogP contribution in [0.1, 0.15) is 13.3 Å². The van der Waals surface area contributed by atoms with Crippen LogP contribution in [0.2, 0.25) is 0 Å². The van der Waals surface area contributed by atoms with Crippen LogP contribution < -0.4 is 10.1 Å². The van der Waals surface area contributed by atoms with Crippen molar-refractivity contribution in [1.29, 1.82) is 0 Å². The van der Waals surface area contributed by atoms with Crippen LogP contribution in [0.5, 0.6) is 5.88 Å². The fraction of sp³-hybridized carbons (Fsp3) is 0.600. The summed E-state index contributed by atoms with van der Waals surface area (Å²) in [6.45, 7) is 2.71. The highest BCUT2D eigenvalue weighted by Gasteiger charge is 2.05. The number of anilines is 1. The van der Waals surface area contributed by atoms with Crippen molar-refractivity contribution < 1.29 is 8.95 Å². The molecule has 5 nitrogen and oxygen atoms in total. The number of nitrogens with one attached hydrogen (secondary N) is 1. The zero-order chi connectivity index (χ0) is 12.0. The Balaban J connectivity index is 2.39. The van der Waals surface area contributed by atoms with Crippen molar-refractivity contribution in [2.24, 2.45) is 0 Å². The summed E-state index contributed by atoms with van der Waals surface area (Å²) in [6.07, 6.45) is 4.01. The van der Waals surface area contributed by atoms with Crippen LogP contribution in [0.3, 0.4) is 0 Å². The first-order valence-corrected chi connectivity index (χ1v) is 6.67. The number of nitrogens with zero attached hydrogens (tertiary/aromatic N) is 2. The molecular weight excluding hydrogens is 226 g/mol. The third kappa shape index (κ3) is 4.14. The fourth-order valence-corrected chi connectivity index (χ4v) is 1.57. The summed E-state index contributed by atoms with van der Waals surface area (Å²) in [4.78, 5) is 7.96. The summed E-state index contributed by atoms with van der Waals surface area (Å²) in [5.41, 5.74) is 0. The average Bonchev–Trinajstić information content (AvgIpc) is 2.29. The molecule has 0 amide bonds. The molecule has 0 aromatic carbocycles. The minimum atomic E-state index is -0.772. The lowest BCUT2D eigenvalue weighted by Gasteiger charge is -2.09. The van der Waals surface area contributed by atoms with Gasteiger partial charge in [-0.3, -0.25) is 4.21 Å². The summed E-state index contributed by atoms with van der Waals surface area (Å²) < 4.78 is 16.1. The van der Waals surface area contributed by atoms with Gasteiger partial charge in [0, 0.05) is 34.9 Å². The largest absolute Gasteiger partial charge is 0.481 e. The monoisotopic (exact) mass is 243 g/mol. The molecule has 0 aliphatic rings. The van der Waals surface area contributed by atoms with Gasteiger partial charge >= 0.3 is 0 Å². The molecule has 0 spiro atoms. The Bertz CT molecular complexity index is 360. The second-order valence-corrected chi connectivity index (χ2v) is 5.27. The maximum Gasteiger partial charge on any atom is 0.218 e. The molecule has 0 aliphatic carbocycles. The van der Waals surface area contributed by atoms with Gasteiger partial charge in [-0.15, -0.1) is 0 Å². The summed E-state index contributed by atoms with van der Waals surface area (Å²) in [5.74, 6) is 1.26. The first kappa shape index (κ1) is 12.9. The van der Waals surface area contributed by atoms with E-state index >= 15 is 0 Å². The Kier molecular flexibility index (Phi) is 5.18. The van der Waals surface area contributed by atoms with Gasteiger partial charge in [-0.2, -0.15) is 0 Å². The zero-order valence-electron chi connectivity index (χ0n) is 9.77. The Morgan fingerprint density at radius 2 is 2.31 bits per heavy atom. The minimum absolute atomic E-state index is 0.191. The van der Waals surface area contributed by atoms with E-state index in [-0.39, 0.29) is 5.25 Å². The van der Waals surface area contributed by atoms with E-state index in [1.165, 1.54) is 6.33 Å². The molecule has 90 valence electrons. The van der Waals surface area contributed by atoms with Crippen LogP contribution in [-0.4, -0.2) is 39.3 Å². The maximum atomic E-state index is 11.1. The van der Waals surface area contributed by atoms with Crippen molar-refractivity contribution in [1.82, 2.24) is 9.97 Å². The van der Waals surface area contributed by atoms with Crippen molar-refractivity contribution in [3.8, 4) is 5.88 Å². The second-order valence-electron chi connectivity index (χ2n) is 3.47. The SMILES string of the molecule is COc1cc(NCCC(C)S(C)=O)ncn1. The third-order valence-electron chi connectivity index (χ3n) is 2.27. The van der Waals surface area contributed by atoms with E-state index in [0.29, 0.717) is 5.88 Å². The zero-order valence-corrected chi connectivity index (χ0v) is 10.6. The molecule has 0 fully saturated rings. The van der Waals surface area contributed by atoms with E-state index < -0.39 is 10.8 Å². The molecule has 0 aliphatic heterocycles. The highest BCUT2D eigenvalue weighted by atomic mass is 32.2. The van der Waals surface area contributed by atoms with E-state index in [1.807, 2.05) is 6.92 Å². The van der Waals surface area contributed by atoms with Crippen LogP contribution in [0.25, 0.3) is 0 Å². The fourth-order valence-electron chi connectivity index (χ4n) is 1.12. The Hall–Kier alpha value is -1.17. The Morgan fingerprint density at radius 1 is 1.56 bits per heavy atom. The molecular formula is C10H17N3O2S. The number of aromatic nitrogens is 2. The second kappa shape index (κ2) is 6.42. The van der Waals surface area contributed by atoms with E-state index in [2.05, 4.69) is 15.3 Å². The minimum Gasteiger partial charge on any atom is -0.481 e. The lowest BCUT2D eigenvalue weighted by atomic mass is 10.3. The number of methoxy groups -OCH3 is 1. The number of hydrogen-bond donors (Lipinski definition) is 1. The van der Waals surface area contributed by atoms with Crippen LogP contribution >= 0.6 is 0 Å². The molecule has 1 heterocycles. The van der Waals surface area contributed by atoms with Crippen molar-refractivity contribution >= 4 is 16.6 Å². The quantitative estimate of drug-likeness (QED) is 0.809. The number of ether oxygens (including phenoxy) is 1. The van der Waals surface area contributed by atoms with E-state index in [9.17, 15) is 4.21 Å². The molecule has 1 rings (SSSR count). The molecule has 16 heavy (non-hydrogen) atoms. The first-order chi connectivity index (χ1) is 7.63. The number of rotatable bonds is 6. The summed E-state index contributed by atoms with van der Waals surface area (Å²) in [7, 11) is 0.792. The van der Waals surface area contributed by atoms with Gasteiger partial charge in [0.1, 0.15) is 12.1 Å². The number of hydrogen-bond acceptors (Lipinski definition) is 5. The summed E-state index contributed by atoms with van der Waals surface area (Å²) in [6, 6.07) is 1.73. The molecule has 2 unspecified atom stereocenters. The van der Waals surface area contributed by atoms with Crippen molar-refractivity contribution in [2.45, 2.75) is 18.6 Å². The Labute approximate surface area is 98.1 Å². The average molecular weight is 243 g/mol. The molecule has 6 heteroatoms. The van der Waals surface area contributed by atoms with E-state index in [1.54, 1.807) is 19.4 Å². The van der Waals surface area contributed by atoms with E-state index in [0.717, 1.165) is 18.8 Å². The van der Waals surface area contributed by atoms with Crippen LogP contribution in [0.4, 0.5) is 5.82 Å². The highest BCUT2D eigenvalue weighted by molar-refractivity contribution is 7.84. The molecule has 0 radical (unpaired) electrons. The summed E-state index contributed by atoms with van der Waals surface area (Å²) in [5, 5.41) is 3.33. The predicted octanol–water partition coefficient (Wildman–Crippen LogP) is 1.05. The molecule has 0 bridgehead atoms. The van der Waals surface area contributed by atoms with E-state index in [4.69, 9.17) is 4.74 Å². The normalized spacial score (nSPS) is 14.2. The molecule has 0 saturated carbocycles. The van der Waals surface area contributed by atoms with Gasteiger partial charge in [0.05, 0.1) is 7.11 Å². The molecule has 1 aromatic heterocycles. The maximum absolute atomic E-state index is 11.1. The molecule has 1 aromatic rings. The predicted molar refractivity (Wildman–Crippen MR) is 65.2 cm³/mol. The first-order valence-electron chi connectivity index (χ1n) is 5.05.